The van der Waals surface area contributed by atoms with E-state index in [0.717, 1.165) is 29.7 Å². The van der Waals surface area contributed by atoms with Gasteiger partial charge in [-0.15, -0.1) is 0 Å². The summed E-state index contributed by atoms with van der Waals surface area (Å²) in [5, 5.41) is 9.16. The summed E-state index contributed by atoms with van der Waals surface area (Å²) in [6, 6.07) is 19.4. The predicted octanol–water partition coefficient (Wildman–Crippen LogP) is 4.59. The fourth-order valence-electron chi connectivity index (χ4n) is 3.35. The van der Waals surface area contributed by atoms with Gasteiger partial charge in [-0.25, -0.2) is 5.43 Å². The molecule has 3 aromatic carbocycles. The molecule has 0 aromatic heterocycles. The van der Waals surface area contributed by atoms with Crippen LogP contribution in [0.4, 0.5) is 11.4 Å². The highest BCUT2D eigenvalue weighted by molar-refractivity contribution is 6.39. The molecule has 0 saturated heterocycles. The largest absolute Gasteiger partial charge is 0.494 e. The zero-order chi connectivity index (χ0) is 27.3. The average Bonchev–Trinajstić information content (AvgIpc) is 2.90. The summed E-state index contributed by atoms with van der Waals surface area (Å²) in [5.41, 5.74) is 6.08. The maximum Gasteiger partial charge on any atom is 0.329 e. The van der Waals surface area contributed by atoms with E-state index in [1.807, 2.05) is 32.0 Å². The number of hydrogen-bond acceptors (Lipinski definition) is 6. The maximum atomic E-state index is 12.3. The molecule has 0 heterocycles. The molecule has 9 heteroatoms. The molecule has 38 heavy (non-hydrogen) atoms. The van der Waals surface area contributed by atoms with Crippen molar-refractivity contribution < 1.29 is 23.9 Å². The number of aryl methyl sites for hydroxylation is 2. The highest BCUT2D eigenvalue weighted by Gasteiger charge is 2.13. The van der Waals surface area contributed by atoms with Crippen molar-refractivity contribution in [1.82, 2.24) is 5.43 Å². The Labute approximate surface area is 222 Å². The van der Waals surface area contributed by atoms with Crippen LogP contribution in [0, 0.1) is 13.8 Å². The normalized spacial score (nSPS) is 10.6. The van der Waals surface area contributed by atoms with Crippen LogP contribution in [0.1, 0.15) is 36.5 Å². The zero-order valence-electron chi connectivity index (χ0n) is 21.7. The van der Waals surface area contributed by atoms with Crippen molar-refractivity contribution in [2.75, 3.05) is 23.8 Å². The van der Waals surface area contributed by atoms with Crippen LogP contribution in [0.5, 0.6) is 11.5 Å². The Morgan fingerprint density at radius 3 is 2.39 bits per heavy atom. The van der Waals surface area contributed by atoms with Crippen LogP contribution in [0.25, 0.3) is 0 Å². The summed E-state index contributed by atoms with van der Waals surface area (Å²) in [6.45, 7) is 6.46. The zero-order valence-corrected chi connectivity index (χ0v) is 21.7. The predicted molar refractivity (Wildman–Crippen MR) is 148 cm³/mol. The molecule has 0 radical (unpaired) electrons. The van der Waals surface area contributed by atoms with E-state index in [0.29, 0.717) is 29.4 Å². The molecule has 9 nitrogen and oxygen atoms in total. The number of carbonyl (C=O) groups excluding carboxylic acids is 3. The Hall–Kier alpha value is -4.66. The molecule has 0 aliphatic heterocycles. The van der Waals surface area contributed by atoms with Crippen LogP contribution in [0.15, 0.2) is 71.8 Å². The lowest BCUT2D eigenvalue weighted by molar-refractivity contribution is -0.136. The van der Waals surface area contributed by atoms with Gasteiger partial charge in [-0.2, -0.15) is 5.10 Å². The highest BCUT2D eigenvalue weighted by atomic mass is 16.5. The minimum absolute atomic E-state index is 0.170. The summed E-state index contributed by atoms with van der Waals surface area (Å²) >= 11 is 0. The molecule has 0 aliphatic rings. The van der Waals surface area contributed by atoms with E-state index in [-0.39, 0.29) is 12.5 Å². The summed E-state index contributed by atoms with van der Waals surface area (Å²) in [6.07, 6.45) is 3.37. The third-order valence-corrected chi connectivity index (χ3v) is 5.35. The second-order valence-corrected chi connectivity index (χ2v) is 8.61. The summed E-state index contributed by atoms with van der Waals surface area (Å²) in [5.74, 6) is -0.906. The first kappa shape index (κ1) is 27.9. The third kappa shape index (κ3) is 9.09. The summed E-state index contributed by atoms with van der Waals surface area (Å²) in [7, 11) is 0. The van der Waals surface area contributed by atoms with Gasteiger partial charge in [-0.05, 0) is 73.9 Å². The Balaban J connectivity index is 1.44. The van der Waals surface area contributed by atoms with Gasteiger partial charge in [0.25, 0.3) is 5.91 Å². The second kappa shape index (κ2) is 14.2. The topological polar surface area (TPSA) is 118 Å². The van der Waals surface area contributed by atoms with E-state index in [1.54, 1.807) is 48.5 Å². The van der Waals surface area contributed by atoms with Gasteiger partial charge in [-0.1, -0.05) is 43.2 Å². The van der Waals surface area contributed by atoms with Gasteiger partial charge in [-0.3, -0.25) is 14.4 Å². The fourth-order valence-corrected chi connectivity index (χ4v) is 3.35. The molecule has 0 aliphatic carbocycles. The first-order chi connectivity index (χ1) is 18.3. The van der Waals surface area contributed by atoms with Gasteiger partial charge in [0.15, 0.2) is 6.61 Å². The van der Waals surface area contributed by atoms with Gasteiger partial charge >= 0.3 is 11.8 Å². The Kier molecular flexibility index (Phi) is 10.4. The minimum Gasteiger partial charge on any atom is -0.494 e. The molecule has 198 valence electrons. The van der Waals surface area contributed by atoms with Gasteiger partial charge in [0.1, 0.15) is 11.5 Å². The number of nitrogens with one attached hydrogen (secondary N) is 3. The Bertz CT molecular complexity index is 1290. The number of ether oxygens (including phenoxy) is 2. The van der Waals surface area contributed by atoms with Crippen molar-refractivity contribution in [2.24, 2.45) is 5.10 Å². The SMILES string of the molecule is CCCCOc1ccc(NC(=O)C(=O)N/N=C\c2cccc(OCC(=O)Nc3ccc(C)cc3C)c2)cc1. The highest BCUT2D eigenvalue weighted by Crippen LogP contribution is 2.17. The maximum absolute atomic E-state index is 12.3. The Morgan fingerprint density at radius 2 is 1.66 bits per heavy atom. The van der Waals surface area contributed by atoms with Crippen molar-refractivity contribution in [3.8, 4) is 11.5 Å². The first-order valence-electron chi connectivity index (χ1n) is 12.3. The van der Waals surface area contributed by atoms with Crippen LogP contribution >= 0.6 is 0 Å². The van der Waals surface area contributed by atoms with E-state index in [1.165, 1.54) is 6.21 Å². The summed E-state index contributed by atoms with van der Waals surface area (Å²) < 4.78 is 11.2. The second-order valence-electron chi connectivity index (χ2n) is 8.61. The molecule has 3 N–H and O–H groups in total. The van der Waals surface area contributed by atoms with Crippen LogP contribution in [-0.2, 0) is 14.4 Å². The molecule has 0 spiro atoms. The third-order valence-electron chi connectivity index (χ3n) is 5.35. The van der Waals surface area contributed by atoms with Gasteiger partial charge in [0.2, 0.25) is 0 Å². The van der Waals surface area contributed by atoms with Crippen LogP contribution in [0.2, 0.25) is 0 Å². The van der Waals surface area contributed by atoms with Crippen molar-refractivity contribution >= 4 is 35.3 Å². The molecule has 0 unspecified atom stereocenters. The minimum atomic E-state index is -0.917. The number of hydrogen-bond donors (Lipinski definition) is 3. The van der Waals surface area contributed by atoms with Gasteiger partial charge < -0.3 is 20.1 Å². The first-order valence-corrected chi connectivity index (χ1v) is 12.3. The molecular formula is C29H32N4O5. The number of rotatable bonds is 11. The molecule has 3 rings (SSSR count). The van der Waals surface area contributed by atoms with Crippen LogP contribution < -0.4 is 25.5 Å². The van der Waals surface area contributed by atoms with Crippen LogP contribution in [-0.4, -0.2) is 37.1 Å². The molecule has 3 aromatic rings. The smallest absolute Gasteiger partial charge is 0.329 e. The van der Waals surface area contributed by atoms with Gasteiger partial charge in [0, 0.05) is 11.4 Å². The quantitative estimate of drug-likeness (QED) is 0.149. The number of amides is 3. The lowest BCUT2D eigenvalue weighted by Gasteiger charge is -2.10. The molecule has 0 bridgehead atoms. The number of carbonyl (C=O) groups is 3. The van der Waals surface area contributed by atoms with Crippen molar-refractivity contribution in [1.29, 1.82) is 0 Å². The van der Waals surface area contributed by atoms with Gasteiger partial charge in [0.05, 0.1) is 12.8 Å². The number of nitrogens with zero attached hydrogens (tertiary/aromatic N) is 1. The number of hydrazone groups is 1. The van der Waals surface area contributed by atoms with E-state index < -0.39 is 11.8 Å². The standard InChI is InChI=1S/C29H32N4O5/c1-4-5-15-37-24-12-10-23(11-13-24)31-28(35)29(36)33-30-18-22-7-6-8-25(17-22)38-19-27(34)32-26-14-9-20(2)16-21(26)3/h6-14,16-18H,4-5,15,19H2,1-3H3,(H,31,35)(H,32,34)(H,33,36)/b30-18-. The van der Waals surface area contributed by atoms with E-state index in [4.69, 9.17) is 9.47 Å². The number of benzene rings is 3. The van der Waals surface area contributed by atoms with E-state index in [2.05, 4.69) is 28.1 Å². The monoisotopic (exact) mass is 516 g/mol. The van der Waals surface area contributed by atoms with Crippen molar-refractivity contribution in [2.45, 2.75) is 33.6 Å². The molecule has 0 atom stereocenters. The fraction of sp³-hybridized carbons (Fsp3) is 0.241. The van der Waals surface area contributed by atoms with Crippen molar-refractivity contribution in [3.05, 3.63) is 83.4 Å². The molecule has 3 amide bonds. The number of unbranched alkanes of at least 4 members (excludes halogenated alkanes) is 1. The molecule has 0 saturated carbocycles. The van der Waals surface area contributed by atoms with Crippen molar-refractivity contribution in [3.63, 3.8) is 0 Å². The number of anilines is 2. The lowest BCUT2D eigenvalue weighted by Crippen LogP contribution is -2.32. The molecular weight excluding hydrogens is 484 g/mol. The molecule has 0 fully saturated rings. The lowest BCUT2D eigenvalue weighted by atomic mass is 10.1. The van der Waals surface area contributed by atoms with E-state index in [9.17, 15) is 14.4 Å². The Morgan fingerprint density at radius 1 is 0.868 bits per heavy atom. The van der Waals surface area contributed by atoms with E-state index >= 15 is 0 Å². The summed E-state index contributed by atoms with van der Waals surface area (Å²) in [4.78, 5) is 36.5. The van der Waals surface area contributed by atoms with Crippen LogP contribution in [0.3, 0.4) is 0 Å². The average molecular weight is 517 g/mol.